The molecule has 0 bridgehead atoms. The van der Waals surface area contributed by atoms with Crippen LogP contribution in [0.1, 0.15) is 48.0 Å². The highest BCUT2D eigenvalue weighted by molar-refractivity contribution is 5.84. The third-order valence-electron chi connectivity index (χ3n) is 3.00. The van der Waals surface area contributed by atoms with Crippen molar-refractivity contribution in [3.8, 4) is 0 Å². The average Bonchev–Trinajstić information content (AvgIpc) is 2.41. The molecule has 1 saturated heterocycles. The van der Waals surface area contributed by atoms with Crippen LogP contribution in [0.2, 0.25) is 0 Å². The largest absolute Gasteiger partial charge is 0.444 e. The normalized spacial score (nSPS) is 19.0. The van der Waals surface area contributed by atoms with Crippen LogP contribution in [-0.4, -0.2) is 64.8 Å². The quantitative estimate of drug-likeness (QED) is 0.864. The lowest BCUT2D eigenvalue weighted by Crippen LogP contribution is -2.58. The fourth-order valence-corrected chi connectivity index (χ4v) is 2.07. The van der Waals surface area contributed by atoms with Gasteiger partial charge in [0.15, 0.2) is 0 Å². The molecule has 21 heavy (non-hydrogen) atoms. The van der Waals surface area contributed by atoms with E-state index in [1.54, 1.807) is 25.7 Å². The first kappa shape index (κ1) is 19.7. The Morgan fingerprint density at radius 2 is 1.95 bits per heavy atom. The van der Waals surface area contributed by atoms with E-state index in [-0.39, 0.29) is 25.1 Å². The molecule has 0 aromatic carbocycles. The molecule has 1 fully saturated rings. The number of carbonyl (C=O) groups excluding carboxylic acids is 2. The molecule has 0 saturated carbocycles. The molecule has 1 atom stereocenters. The van der Waals surface area contributed by atoms with E-state index >= 15 is 0 Å². The predicted octanol–water partition coefficient (Wildman–Crippen LogP) is 1.86. The summed E-state index contributed by atoms with van der Waals surface area (Å²) in [4.78, 5) is 27.1. The van der Waals surface area contributed by atoms with Gasteiger partial charge >= 0.3 is 6.09 Å². The van der Waals surface area contributed by atoms with Crippen molar-refractivity contribution in [1.82, 2.24) is 9.80 Å². The molecule has 0 aromatic rings. The van der Waals surface area contributed by atoms with Gasteiger partial charge in [-0.25, -0.2) is 4.79 Å². The maximum atomic E-state index is 12.1. The van der Waals surface area contributed by atoms with Crippen LogP contribution >= 0.6 is 0 Å². The zero-order chi connectivity index (χ0) is 16.6. The van der Waals surface area contributed by atoms with E-state index < -0.39 is 11.7 Å². The van der Waals surface area contributed by atoms with E-state index in [2.05, 4.69) is 0 Å². The van der Waals surface area contributed by atoms with Crippen LogP contribution in [0.15, 0.2) is 0 Å². The van der Waals surface area contributed by atoms with Gasteiger partial charge in [0.1, 0.15) is 12.1 Å². The first-order valence-corrected chi connectivity index (χ1v) is 7.66. The Bertz CT molecular complexity index is 339. The molecule has 1 aliphatic heterocycles. The molecule has 0 aromatic heterocycles. The Morgan fingerprint density at radius 3 is 2.38 bits per heavy atom. The highest BCUT2D eigenvalue weighted by Gasteiger charge is 2.36. The summed E-state index contributed by atoms with van der Waals surface area (Å²) in [7, 11) is 0. The molecule has 2 amide bonds. The Labute approximate surface area is 128 Å². The molecule has 124 valence electrons. The topological polar surface area (TPSA) is 70.1 Å². The SMILES string of the molecule is CC.CCN1C[C@@H](CCO)N(C(=O)OC(C)(C)C)CC1=O. The molecule has 6 nitrogen and oxygen atoms in total. The molecule has 0 unspecified atom stereocenters. The van der Waals surface area contributed by atoms with Crippen molar-refractivity contribution in [2.24, 2.45) is 0 Å². The van der Waals surface area contributed by atoms with Crippen LogP contribution in [0.3, 0.4) is 0 Å². The number of carbonyl (C=O) groups is 2. The molecule has 0 spiro atoms. The second-order valence-corrected chi connectivity index (χ2v) is 5.71. The van der Waals surface area contributed by atoms with Crippen LogP contribution in [0, 0.1) is 0 Å². The number of likely N-dealkylation sites (N-methyl/N-ethyl adjacent to an activating group) is 1. The standard InChI is InChI=1S/C13H24N2O4.C2H6/c1-5-14-8-10(6-7-16)15(9-11(14)17)12(18)19-13(2,3)4;1-2/h10,16H,5-9H2,1-4H3;1-2H3/t10-;/m1./s1. The van der Waals surface area contributed by atoms with Gasteiger partial charge in [0.05, 0.1) is 6.04 Å². The molecule has 0 aliphatic carbocycles. The van der Waals surface area contributed by atoms with Crippen molar-refractivity contribution in [3.63, 3.8) is 0 Å². The molecule has 1 heterocycles. The summed E-state index contributed by atoms with van der Waals surface area (Å²) in [6.45, 7) is 12.3. The molecule has 1 N–H and O–H groups in total. The maximum Gasteiger partial charge on any atom is 0.411 e. The summed E-state index contributed by atoms with van der Waals surface area (Å²) in [5, 5.41) is 9.09. The number of piperazine rings is 1. The van der Waals surface area contributed by atoms with Gasteiger partial charge in [-0.05, 0) is 34.1 Å². The Balaban J connectivity index is 0.00000191. The fraction of sp³-hybridized carbons (Fsp3) is 0.867. The maximum absolute atomic E-state index is 12.1. The zero-order valence-corrected chi connectivity index (χ0v) is 14.2. The van der Waals surface area contributed by atoms with Crippen LogP contribution in [0.4, 0.5) is 4.79 Å². The van der Waals surface area contributed by atoms with Crippen molar-refractivity contribution >= 4 is 12.0 Å². The lowest BCUT2D eigenvalue weighted by molar-refractivity contribution is -0.138. The van der Waals surface area contributed by atoms with Gasteiger partial charge in [-0.3, -0.25) is 9.69 Å². The lowest BCUT2D eigenvalue weighted by Gasteiger charge is -2.40. The minimum atomic E-state index is -0.591. The summed E-state index contributed by atoms with van der Waals surface area (Å²) >= 11 is 0. The summed E-state index contributed by atoms with van der Waals surface area (Å²) in [6.07, 6.45) is -0.0432. The van der Waals surface area contributed by atoms with E-state index in [1.807, 2.05) is 20.8 Å². The number of ether oxygens (including phenoxy) is 1. The predicted molar refractivity (Wildman–Crippen MR) is 82.0 cm³/mol. The molecular weight excluding hydrogens is 272 g/mol. The van der Waals surface area contributed by atoms with Crippen molar-refractivity contribution in [3.05, 3.63) is 0 Å². The molecule has 6 heteroatoms. The van der Waals surface area contributed by atoms with Crippen molar-refractivity contribution in [2.45, 2.75) is 59.6 Å². The van der Waals surface area contributed by atoms with Gasteiger partial charge in [-0.1, -0.05) is 13.8 Å². The summed E-state index contributed by atoms with van der Waals surface area (Å²) in [5.41, 5.74) is -0.591. The zero-order valence-electron chi connectivity index (χ0n) is 14.2. The first-order chi connectivity index (χ1) is 9.78. The second-order valence-electron chi connectivity index (χ2n) is 5.71. The van der Waals surface area contributed by atoms with Crippen molar-refractivity contribution in [1.29, 1.82) is 0 Å². The minimum absolute atomic E-state index is 0.0181. The van der Waals surface area contributed by atoms with Gasteiger partial charge in [0, 0.05) is 19.7 Å². The summed E-state index contributed by atoms with van der Waals surface area (Å²) < 4.78 is 5.31. The fourth-order valence-electron chi connectivity index (χ4n) is 2.07. The highest BCUT2D eigenvalue weighted by Crippen LogP contribution is 2.18. The number of hydrogen-bond acceptors (Lipinski definition) is 4. The van der Waals surface area contributed by atoms with E-state index in [4.69, 9.17) is 9.84 Å². The van der Waals surface area contributed by atoms with Crippen LogP contribution in [0.5, 0.6) is 0 Å². The summed E-state index contributed by atoms with van der Waals surface area (Å²) in [5.74, 6) is -0.0810. The van der Waals surface area contributed by atoms with Gasteiger partial charge in [0.25, 0.3) is 0 Å². The number of amides is 2. The third-order valence-corrected chi connectivity index (χ3v) is 3.00. The van der Waals surface area contributed by atoms with Crippen molar-refractivity contribution < 1.29 is 19.4 Å². The van der Waals surface area contributed by atoms with E-state index in [9.17, 15) is 9.59 Å². The number of nitrogens with zero attached hydrogens (tertiary/aromatic N) is 2. The molecule has 1 rings (SSSR count). The minimum Gasteiger partial charge on any atom is -0.444 e. The third kappa shape index (κ3) is 6.33. The smallest absolute Gasteiger partial charge is 0.411 e. The van der Waals surface area contributed by atoms with E-state index in [1.165, 1.54) is 4.90 Å². The number of aliphatic hydroxyl groups is 1. The average molecular weight is 302 g/mol. The van der Waals surface area contributed by atoms with Crippen LogP contribution < -0.4 is 0 Å². The monoisotopic (exact) mass is 302 g/mol. The Kier molecular flexibility index (Phi) is 8.32. The Morgan fingerprint density at radius 1 is 1.38 bits per heavy atom. The van der Waals surface area contributed by atoms with Crippen LogP contribution in [0.25, 0.3) is 0 Å². The molecule has 1 aliphatic rings. The second kappa shape index (κ2) is 8.87. The molecule has 0 radical (unpaired) electrons. The van der Waals surface area contributed by atoms with E-state index in [0.717, 1.165) is 0 Å². The first-order valence-electron chi connectivity index (χ1n) is 7.66. The lowest BCUT2D eigenvalue weighted by atomic mass is 10.1. The summed E-state index contributed by atoms with van der Waals surface area (Å²) in [6, 6.07) is -0.183. The number of rotatable bonds is 3. The van der Waals surface area contributed by atoms with Crippen LogP contribution in [-0.2, 0) is 9.53 Å². The highest BCUT2D eigenvalue weighted by atomic mass is 16.6. The number of aliphatic hydroxyl groups excluding tert-OH is 1. The van der Waals surface area contributed by atoms with Gasteiger partial charge in [0.2, 0.25) is 5.91 Å². The van der Waals surface area contributed by atoms with E-state index in [0.29, 0.717) is 19.5 Å². The Hall–Kier alpha value is -1.30. The van der Waals surface area contributed by atoms with Gasteiger partial charge in [-0.15, -0.1) is 0 Å². The number of hydrogen-bond donors (Lipinski definition) is 1. The molecular formula is C15H30N2O4. The van der Waals surface area contributed by atoms with Gasteiger partial charge < -0.3 is 14.7 Å². The van der Waals surface area contributed by atoms with Crippen molar-refractivity contribution in [2.75, 3.05) is 26.2 Å². The van der Waals surface area contributed by atoms with Gasteiger partial charge in [-0.2, -0.15) is 0 Å².